The van der Waals surface area contributed by atoms with Gasteiger partial charge in [-0.3, -0.25) is 0 Å². The molecule has 2 N–H and O–H groups in total. The number of nitrogens with one attached hydrogen (secondary N) is 2. The van der Waals surface area contributed by atoms with Crippen LogP contribution in [0.2, 0.25) is 5.02 Å². The summed E-state index contributed by atoms with van der Waals surface area (Å²) in [6, 6.07) is 9.86. The zero-order valence-electron chi connectivity index (χ0n) is 16.0. The molecule has 6 heteroatoms. The minimum absolute atomic E-state index is 0.672. The monoisotopic (exact) mass is 406 g/mol. The number of benzene rings is 1. The molecule has 146 valence electrons. The van der Waals surface area contributed by atoms with Crippen molar-refractivity contribution in [1.29, 1.82) is 0 Å². The third-order valence-electron chi connectivity index (χ3n) is 5.18. The Labute approximate surface area is 172 Å². The summed E-state index contributed by atoms with van der Waals surface area (Å²) in [4.78, 5) is 3.87. The van der Waals surface area contributed by atoms with Gasteiger partial charge in [-0.05, 0) is 74.7 Å². The number of furan rings is 1. The number of aryl methyl sites for hydroxylation is 1. The van der Waals surface area contributed by atoms with Crippen LogP contribution in [0.5, 0.6) is 0 Å². The molecule has 1 aliphatic heterocycles. The van der Waals surface area contributed by atoms with Crippen LogP contribution in [0.25, 0.3) is 0 Å². The minimum atomic E-state index is 0.672. The fraction of sp³-hybridized carbons (Fsp3) is 0.476. The van der Waals surface area contributed by atoms with Crippen LogP contribution < -0.4 is 10.2 Å². The molecule has 0 aliphatic carbocycles. The van der Waals surface area contributed by atoms with Gasteiger partial charge < -0.3 is 19.5 Å². The van der Waals surface area contributed by atoms with Crippen molar-refractivity contribution in [1.82, 2.24) is 4.90 Å². The van der Waals surface area contributed by atoms with E-state index in [1.54, 1.807) is 11.2 Å². The highest BCUT2D eigenvalue weighted by atomic mass is 35.5. The van der Waals surface area contributed by atoms with E-state index in [9.17, 15) is 0 Å². The molecule has 0 bridgehead atoms. The van der Waals surface area contributed by atoms with E-state index < -0.39 is 0 Å². The van der Waals surface area contributed by atoms with Crippen molar-refractivity contribution in [2.45, 2.75) is 39.2 Å². The van der Waals surface area contributed by atoms with Gasteiger partial charge in [0.25, 0.3) is 0 Å². The third kappa shape index (κ3) is 6.23. The number of thiocarbonyl (C=S) groups is 1. The van der Waals surface area contributed by atoms with Gasteiger partial charge in [0.1, 0.15) is 5.76 Å². The summed E-state index contributed by atoms with van der Waals surface area (Å²) in [5, 5.41) is 4.80. The summed E-state index contributed by atoms with van der Waals surface area (Å²) < 4.78 is 5.55. The predicted octanol–water partition coefficient (Wildman–Crippen LogP) is 3.90. The molecule has 1 aliphatic rings. The van der Waals surface area contributed by atoms with E-state index in [2.05, 4.69) is 10.2 Å². The van der Waals surface area contributed by atoms with Crippen molar-refractivity contribution in [2.75, 3.05) is 31.5 Å². The van der Waals surface area contributed by atoms with Crippen LogP contribution in [0.15, 0.2) is 41.0 Å². The first-order chi connectivity index (χ1) is 13.1. The van der Waals surface area contributed by atoms with Crippen molar-refractivity contribution in [3.8, 4) is 0 Å². The van der Waals surface area contributed by atoms with Gasteiger partial charge in [0.15, 0.2) is 5.11 Å². The molecule has 2 aromatic rings. The van der Waals surface area contributed by atoms with Crippen LogP contribution in [0, 0.1) is 6.92 Å². The van der Waals surface area contributed by atoms with E-state index in [-0.39, 0.29) is 0 Å². The highest BCUT2D eigenvalue weighted by Crippen LogP contribution is 2.20. The van der Waals surface area contributed by atoms with Crippen molar-refractivity contribution >= 4 is 34.6 Å². The largest absolute Gasteiger partial charge is 0.467 e. The zero-order valence-corrected chi connectivity index (χ0v) is 17.5. The maximum Gasteiger partial charge on any atom is 0.174 e. The normalized spacial score (nSPS) is 15.3. The predicted molar refractivity (Wildman–Crippen MR) is 116 cm³/mol. The Balaban J connectivity index is 1.64. The lowest BCUT2D eigenvalue weighted by atomic mass is 10.2. The van der Waals surface area contributed by atoms with Gasteiger partial charge in [-0.2, -0.15) is 0 Å². The Bertz CT molecular complexity index is 727. The number of anilines is 1. The zero-order chi connectivity index (χ0) is 19.1. The van der Waals surface area contributed by atoms with E-state index >= 15 is 0 Å². The molecular formula is C21H29ClN3OS+. The minimum Gasteiger partial charge on any atom is -0.467 e. The summed E-state index contributed by atoms with van der Waals surface area (Å²) in [5.41, 5.74) is 1.98. The Morgan fingerprint density at radius 2 is 2.00 bits per heavy atom. The SMILES string of the molecule is Cc1ccc(NC(=S)N(CC[NH+]2CCCCCC2)Cc2ccco2)cc1Cl. The number of halogens is 1. The Kier molecular flexibility index (Phi) is 7.56. The summed E-state index contributed by atoms with van der Waals surface area (Å²) in [6.45, 7) is 7.20. The molecule has 1 fully saturated rings. The molecule has 0 radical (unpaired) electrons. The number of hydrogen-bond acceptors (Lipinski definition) is 2. The Morgan fingerprint density at radius 1 is 1.22 bits per heavy atom. The van der Waals surface area contributed by atoms with Crippen molar-refractivity contribution in [2.24, 2.45) is 0 Å². The molecule has 0 spiro atoms. The third-order valence-corrected chi connectivity index (χ3v) is 5.95. The molecule has 0 atom stereocenters. The molecule has 1 aromatic heterocycles. The molecule has 0 amide bonds. The highest BCUT2D eigenvalue weighted by molar-refractivity contribution is 7.80. The lowest BCUT2D eigenvalue weighted by Gasteiger charge is -2.27. The fourth-order valence-electron chi connectivity index (χ4n) is 3.49. The number of quaternary nitrogens is 1. The number of hydrogen-bond donors (Lipinski definition) is 2. The topological polar surface area (TPSA) is 32.9 Å². The van der Waals surface area contributed by atoms with Gasteiger partial charge in [0, 0.05) is 10.7 Å². The van der Waals surface area contributed by atoms with Gasteiger partial charge in [-0.25, -0.2) is 0 Å². The van der Waals surface area contributed by atoms with E-state index in [1.807, 2.05) is 37.3 Å². The van der Waals surface area contributed by atoms with Gasteiger partial charge in [-0.1, -0.05) is 17.7 Å². The van der Waals surface area contributed by atoms with Gasteiger partial charge in [0.05, 0.1) is 39.0 Å². The summed E-state index contributed by atoms with van der Waals surface area (Å²) in [5.74, 6) is 0.923. The number of likely N-dealkylation sites (tertiary alicyclic amines) is 1. The van der Waals surface area contributed by atoms with Gasteiger partial charge in [0.2, 0.25) is 0 Å². The first kappa shape index (κ1) is 20.2. The van der Waals surface area contributed by atoms with E-state index in [1.165, 1.54) is 38.8 Å². The van der Waals surface area contributed by atoms with Crippen molar-refractivity contribution < 1.29 is 9.32 Å². The van der Waals surface area contributed by atoms with Crippen molar-refractivity contribution in [3.63, 3.8) is 0 Å². The second-order valence-corrected chi connectivity index (χ2v) is 8.10. The Morgan fingerprint density at radius 3 is 2.67 bits per heavy atom. The molecule has 1 aromatic carbocycles. The van der Waals surface area contributed by atoms with E-state index in [4.69, 9.17) is 28.2 Å². The van der Waals surface area contributed by atoms with Gasteiger partial charge in [-0.15, -0.1) is 0 Å². The second-order valence-electron chi connectivity index (χ2n) is 7.31. The number of rotatable bonds is 6. The fourth-order valence-corrected chi connectivity index (χ4v) is 3.94. The molecule has 2 heterocycles. The maximum atomic E-state index is 6.25. The van der Waals surface area contributed by atoms with Crippen LogP contribution in [0.3, 0.4) is 0 Å². The average Bonchev–Trinajstić information content (AvgIpc) is 3.03. The lowest BCUT2D eigenvalue weighted by molar-refractivity contribution is -0.898. The highest BCUT2D eigenvalue weighted by Gasteiger charge is 2.17. The molecule has 4 nitrogen and oxygen atoms in total. The Hall–Kier alpha value is -1.56. The average molecular weight is 407 g/mol. The van der Waals surface area contributed by atoms with Crippen LogP contribution in [0.1, 0.15) is 37.0 Å². The molecule has 1 saturated heterocycles. The molecular weight excluding hydrogens is 378 g/mol. The van der Waals surface area contributed by atoms with Gasteiger partial charge >= 0.3 is 0 Å². The number of nitrogens with zero attached hydrogens (tertiary/aromatic N) is 1. The molecule has 27 heavy (non-hydrogen) atoms. The molecule has 0 saturated carbocycles. The van der Waals surface area contributed by atoms with Crippen molar-refractivity contribution in [3.05, 3.63) is 52.9 Å². The summed E-state index contributed by atoms with van der Waals surface area (Å²) in [7, 11) is 0. The van der Waals surface area contributed by atoms with Crippen LogP contribution in [-0.4, -0.2) is 36.2 Å². The van der Waals surface area contributed by atoms with Crippen LogP contribution in [0.4, 0.5) is 5.69 Å². The standard InChI is InChI=1S/C21H28ClN3OS/c1-17-8-9-18(15-20(17)22)23-21(27)25(16-19-7-6-14-26-19)13-12-24-10-4-2-3-5-11-24/h6-9,14-15H,2-5,10-13,16H2,1H3,(H,23,27)/p+1. The molecule has 0 unspecified atom stereocenters. The lowest BCUT2D eigenvalue weighted by Crippen LogP contribution is -3.12. The first-order valence-electron chi connectivity index (χ1n) is 9.80. The summed E-state index contributed by atoms with van der Waals surface area (Å²) >= 11 is 12.0. The molecule has 3 rings (SSSR count). The van der Waals surface area contributed by atoms with E-state index in [0.29, 0.717) is 11.7 Å². The second kappa shape index (κ2) is 10.1. The summed E-state index contributed by atoms with van der Waals surface area (Å²) in [6.07, 6.45) is 7.11. The van der Waals surface area contributed by atoms with Crippen LogP contribution in [-0.2, 0) is 6.54 Å². The first-order valence-corrected chi connectivity index (χ1v) is 10.6. The maximum absolute atomic E-state index is 6.25. The van der Waals surface area contributed by atoms with E-state index in [0.717, 1.165) is 35.1 Å². The smallest absolute Gasteiger partial charge is 0.174 e. The quantitative estimate of drug-likeness (QED) is 0.713. The van der Waals surface area contributed by atoms with Crippen LogP contribution >= 0.6 is 23.8 Å².